The number of hydrogen-bond acceptors (Lipinski definition) is 4. The molecule has 0 bridgehead atoms. The molecule has 114 valence electrons. The first kappa shape index (κ1) is 14.6. The van der Waals surface area contributed by atoms with Crippen LogP contribution in [0.3, 0.4) is 0 Å². The Morgan fingerprint density at radius 3 is 2.64 bits per heavy atom. The number of nitrogens with zero attached hydrogens (tertiary/aromatic N) is 4. The van der Waals surface area contributed by atoms with Crippen LogP contribution in [-0.2, 0) is 6.18 Å². The van der Waals surface area contributed by atoms with E-state index in [2.05, 4.69) is 15.3 Å². The van der Waals surface area contributed by atoms with E-state index in [0.29, 0.717) is 15.3 Å². The summed E-state index contributed by atoms with van der Waals surface area (Å²) in [6.07, 6.45) is -4.66. The first-order valence-corrected chi connectivity index (χ1v) is 6.46. The van der Waals surface area contributed by atoms with Crippen LogP contribution in [0.4, 0.5) is 13.2 Å². The van der Waals surface area contributed by atoms with Gasteiger partial charge < -0.3 is 4.74 Å². The Morgan fingerprint density at radius 2 is 1.91 bits per heavy atom. The lowest BCUT2D eigenvalue weighted by Gasteiger charge is -2.08. The summed E-state index contributed by atoms with van der Waals surface area (Å²) in [5.41, 5.74) is 0.857. The molecule has 0 fully saturated rings. The molecule has 2 aromatic heterocycles. The van der Waals surface area contributed by atoms with Crippen molar-refractivity contribution in [1.29, 1.82) is 0 Å². The van der Waals surface area contributed by atoms with Crippen LogP contribution < -0.4 is 4.74 Å². The summed E-state index contributed by atoms with van der Waals surface area (Å²) in [5.74, 6) is -0.969. The number of ether oxygens (including phenoxy) is 1. The van der Waals surface area contributed by atoms with Crippen molar-refractivity contribution >= 4 is 17.2 Å². The third-order valence-corrected chi connectivity index (χ3v) is 3.11. The van der Waals surface area contributed by atoms with E-state index >= 15 is 0 Å². The lowest BCUT2D eigenvalue weighted by atomic mass is 10.2. The van der Waals surface area contributed by atoms with Crippen molar-refractivity contribution in [3.05, 3.63) is 46.7 Å². The van der Waals surface area contributed by atoms with Crippen LogP contribution in [0.1, 0.15) is 11.4 Å². The fourth-order valence-corrected chi connectivity index (χ4v) is 1.96. The smallest absolute Gasteiger partial charge is 0.436 e. The van der Waals surface area contributed by atoms with Crippen molar-refractivity contribution in [3.8, 4) is 11.6 Å². The maximum atomic E-state index is 12.8. The minimum atomic E-state index is -4.66. The quantitative estimate of drug-likeness (QED) is 0.716. The monoisotopic (exact) mass is 328 g/mol. The molecule has 0 unspecified atom stereocenters. The van der Waals surface area contributed by atoms with E-state index in [4.69, 9.17) is 16.3 Å². The topological polar surface area (TPSA) is 52.3 Å². The second-order valence-corrected chi connectivity index (χ2v) is 4.91. The van der Waals surface area contributed by atoms with Crippen LogP contribution in [0.2, 0.25) is 5.02 Å². The Morgan fingerprint density at radius 1 is 1.14 bits per heavy atom. The number of alkyl halides is 3. The molecule has 3 rings (SSSR count). The Kier molecular flexibility index (Phi) is 3.40. The lowest BCUT2D eigenvalue weighted by Crippen LogP contribution is -2.12. The molecule has 2 heterocycles. The van der Waals surface area contributed by atoms with Gasteiger partial charge in [0.25, 0.3) is 5.82 Å². The van der Waals surface area contributed by atoms with Crippen molar-refractivity contribution in [1.82, 2.24) is 19.8 Å². The molecule has 0 saturated carbocycles. The fourth-order valence-electron chi connectivity index (χ4n) is 1.80. The molecular weight excluding hydrogens is 321 g/mol. The second-order valence-electron chi connectivity index (χ2n) is 4.50. The van der Waals surface area contributed by atoms with E-state index in [0.717, 1.165) is 5.56 Å². The molecule has 0 atom stereocenters. The van der Waals surface area contributed by atoms with E-state index in [1.54, 1.807) is 18.2 Å². The number of benzene rings is 1. The molecule has 3 aromatic rings. The highest BCUT2D eigenvalue weighted by atomic mass is 35.5. The van der Waals surface area contributed by atoms with Crippen molar-refractivity contribution in [3.63, 3.8) is 0 Å². The molecule has 0 spiro atoms. The van der Waals surface area contributed by atoms with Gasteiger partial charge in [-0.3, -0.25) is 0 Å². The number of halogens is 4. The van der Waals surface area contributed by atoms with Crippen LogP contribution in [-0.4, -0.2) is 19.8 Å². The van der Waals surface area contributed by atoms with Gasteiger partial charge in [-0.05, 0) is 30.7 Å². The highest BCUT2D eigenvalue weighted by molar-refractivity contribution is 6.32. The van der Waals surface area contributed by atoms with Crippen LogP contribution in [0.5, 0.6) is 11.6 Å². The molecule has 0 aliphatic carbocycles. The molecule has 0 aliphatic rings. The van der Waals surface area contributed by atoms with Gasteiger partial charge in [-0.25, -0.2) is 0 Å². The van der Waals surface area contributed by atoms with E-state index < -0.39 is 12.0 Å². The van der Waals surface area contributed by atoms with Crippen LogP contribution in [0, 0.1) is 6.92 Å². The van der Waals surface area contributed by atoms with E-state index in [1.165, 1.54) is 12.1 Å². The largest absolute Gasteiger partial charge is 0.453 e. The molecule has 9 heteroatoms. The van der Waals surface area contributed by atoms with E-state index in [-0.39, 0.29) is 11.5 Å². The van der Waals surface area contributed by atoms with Gasteiger partial charge in [-0.1, -0.05) is 17.7 Å². The molecule has 0 saturated heterocycles. The van der Waals surface area contributed by atoms with Crippen LogP contribution in [0.25, 0.3) is 5.65 Å². The van der Waals surface area contributed by atoms with Gasteiger partial charge in [0.05, 0.1) is 5.02 Å². The molecule has 5 nitrogen and oxygen atoms in total. The maximum absolute atomic E-state index is 12.8. The second kappa shape index (κ2) is 5.13. The summed E-state index contributed by atoms with van der Waals surface area (Å²) in [5, 5.41) is 10.6. The van der Waals surface area contributed by atoms with Gasteiger partial charge in [0, 0.05) is 6.07 Å². The molecule has 0 radical (unpaired) electrons. The number of aromatic nitrogens is 4. The Hall–Kier alpha value is -2.35. The Bertz CT molecular complexity index is 847. The summed E-state index contributed by atoms with van der Waals surface area (Å²) < 4.78 is 44.4. The molecule has 1 aromatic carbocycles. The Labute approximate surface area is 127 Å². The predicted octanol–water partition coefficient (Wildman–Crippen LogP) is 3.90. The van der Waals surface area contributed by atoms with Crippen molar-refractivity contribution < 1.29 is 17.9 Å². The number of hydrogen-bond donors (Lipinski definition) is 0. The van der Waals surface area contributed by atoms with Gasteiger partial charge in [-0.2, -0.15) is 17.7 Å². The number of fused-ring (bicyclic) bond motifs is 1. The summed E-state index contributed by atoms with van der Waals surface area (Å²) in [6, 6.07) is 7.79. The SMILES string of the molecule is Cc1ccc(Cl)c(Oc2ccc3nnc(C(F)(F)F)n3n2)c1. The van der Waals surface area contributed by atoms with Gasteiger partial charge in [-0.15, -0.1) is 15.3 Å². The molecule has 0 aliphatic heterocycles. The molecule has 0 amide bonds. The van der Waals surface area contributed by atoms with Crippen LogP contribution >= 0.6 is 11.6 Å². The zero-order valence-corrected chi connectivity index (χ0v) is 11.9. The average molecular weight is 329 g/mol. The molecular formula is C13H8ClF3N4O. The maximum Gasteiger partial charge on any atom is 0.453 e. The molecule has 0 N–H and O–H groups in total. The number of rotatable bonds is 2. The predicted molar refractivity (Wildman–Crippen MR) is 72.0 cm³/mol. The van der Waals surface area contributed by atoms with Crippen molar-refractivity contribution in [2.75, 3.05) is 0 Å². The van der Waals surface area contributed by atoms with E-state index in [1.807, 2.05) is 6.92 Å². The standard InChI is InChI=1S/C13H8ClF3N4O/c1-7-2-3-8(14)9(6-7)22-11-5-4-10-18-19-12(13(15,16)17)21(10)20-11/h2-6H,1H3. The Balaban J connectivity index is 2.03. The van der Waals surface area contributed by atoms with Crippen LogP contribution in [0.15, 0.2) is 30.3 Å². The summed E-state index contributed by atoms with van der Waals surface area (Å²) in [4.78, 5) is 0. The highest BCUT2D eigenvalue weighted by Crippen LogP contribution is 2.31. The van der Waals surface area contributed by atoms with Crippen molar-refractivity contribution in [2.24, 2.45) is 0 Å². The van der Waals surface area contributed by atoms with E-state index in [9.17, 15) is 13.2 Å². The minimum absolute atomic E-state index is 0.0324. The first-order valence-electron chi connectivity index (χ1n) is 6.08. The normalized spacial score (nSPS) is 11.9. The third kappa shape index (κ3) is 2.69. The summed E-state index contributed by atoms with van der Waals surface area (Å²) >= 11 is 5.98. The minimum Gasteiger partial charge on any atom is -0.436 e. The third-order valence-electron chi connectivity index (χ3n) is 2.79. The van der Waals surface area contributed by atoms with Gasteiger partial charge in [0.1, 0.15) is 5.75 Å². The van der Waals surface area contributed by atoms with Crippen molar-refractivity contribution in [2.45, 2.75) is 13.1 Å². The molecule has 22 heavy (non-hydrogen) atoms. The van der Waals surface area contributed by atoms with Gasteiger partial charge in [0.15, 0.2) is 5.65 Å². The lowest BCUT2D eigenvalue weighted by molar-refractivity contribution is -0.146. The average Bonchev–Trinajstić information content (AvgIpc) is 2.86. The van der Waals surface area contributed by atoms with Gasteiger partial charge >= 0.3 is 6.18 Å². The summed E-state index contributed by atoms with van der Waals surface area (Å²) in [7, 11) is 0. The summed E-state index contributed by atoms with van der Waals surface area (Å²) in [6.45, 7) is 1.83. The highest BCUT2D eigenvalue weighted by Gasteiger charge is 2.37. The first-order chi connectivity index (χ1) is 10.3. The van der Waals surface area contributed by atoms with Gasteiger partial charge in [0.2, 0.25) is 5.88 Å². The zero-order valence-electron chi connectivity index (χ0n) is 11.1. The number of aryl methyl sites for hydroxylation is 1. The zero-order chi connectivity index (χ0) is 15.9. The fraction of sp³-hybridized carbons (Fsp3) is 0.154.